The molecule has 1 aromatic rings. The minimum absolute atomic E-state index is 0.298. The van der Waals surface area contributed by atoms with Crippen molar-refractivity contribution in [2.45, 2.75) is 29.7 Å². The summed E-state index contributed by atoms with van der Waals surface area (Å²) in [5, 5.41) is 21.6. The van der Waals surface area contributed by atoms with E-state index in [0.717, 1.165) is 31.9 Å². The summed E-state index contributed by atoms with van der Waals surface area (Å²) < 4.78 is 83.6. The van der Waals surface area contributed by atoms with Crippen molar-refractivity contribution < 1.29 is 55.5 Å². The van der Waals surface area contributed by atoms with Crippen molar-refractivity contribution in [1.82, 2.24) is 20.0 Å². The van der Waals surface area contributed by atoms with Gasteiger partial charge in [0.15, 0.2) is 11.6 Å². The summed E-state index contributed by atoms with van der Waals surface area (Å²) in [6.45, 7) is -0.982. The van der Waals surface area contributed by atoms with Crippen LogP contribution in [0, 0.1) is 23.0 Å². The number of halogens is 5. The van der Waals surface area contributed by atoms with E-state index in [0.29, 0.717) is 12.1 Å². The average Bonchev–Trinajstić information content (AvgIpc) is 3.22. The van der Waals surface area contributed by atoms with Crippen LogP contribution in [-0.2, 0) is 20.1 Å². The Morgan fingerprint density at radius 1 is 1.25 bits per heavy atom. The third-order valence-corrected chi connectivity index (χ3v) is 8.04. The lowest BCUT2D eigenvalue weighted by Crippen LogP contribution is -2.59. The maximum atomic E-state index is 14.7. The highest BCUT2D eigenvalue weighted by molar-refractivity contribution is 8.03. The zero-order chi connectivity index (χ0) is 30.3. The number of nitrogens with zero attached hydrogens (tertiary/aromatic N) is 3. The van der Waals surface area contributed by atoms with E-state index in [1.54, 1.807) is 0 Å². The van der Waals surface area contributed by atoms with E-state index in [1.807, 2.05) is 0 Å². The van der Waals surface area contributed by atoms with Crippen molar-refractivity contribution >= 4 is 55.6 Å². The van der Waals surface area contributed by atoms with Crippen LogP contribution in [0.4, 0.5) is 26.7 Å². The second kappa shape index (κ2) is 11.9. The van der Waals surface area contributed by atoms with Gasteiger partial charge in [0, 0.05) is 31.8 Å². The molecule has 0 aromatic heterocycles. The summed E-state index contributed by atoms with van der Waals surface area (Å²) in [4.78, 5) is 45.7. The number of rotatable bonds is 9. The molecule has 0 radical (unpaired) electrons. The number of aliphatic hydroxyl groups is 1. The van der Waals surface area contributed by atoms with Gasteiger partial charge in [-0.2, -0.15) is 25.8 Å². The van der Waals surface area contributed by atoms with Crippen molar-refractivity contribution in [3.8, 4) is 0 Å². The SMILES string of the molecule is CN1C(=O)C(C(=N)CC(O)NC2SC=C(c3ccc(C(F)(F)F)c(F)c3F)N2COP(=O)(O)O)C(S)N(C)C1=O. The van der Waals surface area contributed by atoms with Crippen LogP contribution in [0.2, 0.25) is 0 Å². The molecule has 1 saturated heterocycles. The highest BCUT2D eigenvalue weighted by atomic mass is 32.2. The Labute approximate surface area is 233 Å². The molecule has 2 aliphatic heterocycles. The average molecular weight is 636 g/mol. The van der Waals surface area contributed by atoms with Gasteiger partial charge < -0.3 is 30.1 Å². The molecular weight excluding hydrogens is 612 g/mol. The van der Waals surface area contributed by atoms with Crippen LogP contribution in [0.3, 0.4) is 0 Å². The van der Waals surface area contributed by atoms with Gasteiger partial charge in [-0.15, -0.1) is 0 Å². The third kappa shape index (κ3) is 6.79. The maximum Gasteiger partial charge on any atom is 0.471 e. The first-order chi connectivity index (χ1) is 18.3. The zero-order valence-corrected chi connectivity index (χ0v) is 23.1. The highest BCUT2D eigenvalue weighted by Gasteiger charge is 2.44. The predicted octanol–water partition coefficient (Wildman–Crippen LogP) is 2.39. The molecule has 1 aromatic carbocycles. The number of hydrogen-bond acceptors (Lipinski definition) is 10. The highest BCUT2D eigenvalue weighted by Crippen LogP contribution is 2.42. The van der Waals surface area contributed by atoms with Gasteiger partial charge in [0.1, 0.15) is 24.4 Å². The lowest BCUT2D eigenvalue weighted by atomic mass is 9.95. The van der Waals surface area contributed by atoms with Crippen molar-refractivity contribution in [1.29, 1.82) is 5.41 Å². The summed E-state index contributed by atoms with van der Waals surface area (Å²) in [6.07, 6.45) is -7.31. The number of carbonyl (C=O) groups excluding carboxylic acids is 2. The van der Waals surface area contributed by atoms with Crippen LogP contribution in [0.1, 0.15) is 17.5 Å². The van der Waals surface area contributed by atoms with Crippen molar-refractivity contribution in [2.75, 3.05) is 20.8 Å². The molecule has 1 fully saturated rings. The maximum absolute atomic E-state index is 14.7. The monoisotopic (exact) mass is 635 g/mol. The molecule has 2 aliphatic rings. The number of hydrogen-bond donors (Lipinski definition) is 6. The van der Waals surface area contributed by atoms with E-state index in [-0.39, 0.29) is 11.4 Å². The van der Waals surface area contributed by atoms with Gasteiger partial charge in [0.25, 0.3) is 0 Å². The summed E-state index contributed by atoms with van der Waals surface area (Å²) in [5.41, 5.74) is -4.43. The standard InChI is InChI=1S/C20H23F5N5O7PS2/c1-28-16(32)13(17(39)29(2)19(28)33)10(26)5-12(31)27-18-30(7-37-38(34,35)36)11(6-40-18)8-3-4-9(20(23,24)25)15(22)14(8)21/h3-4,6,12-13,17-18,26-27,31,39H,5,7H2,1-2H3,(H2,34,35,36). The number of carbonyl (C=O) groups is 2. The molecule has 3 rings (SSSR count). The fourth-order valence-corrected chi connectivity index (χ4v) is 5.63. The first-order valence-corrected chi connectivity index (χ1v) is 14.0. The number of imide groups is 1. The third-order valence-electron chi connectivity index (χ3n) is 5.93. The molecule has 4 unspecified atom stereocenters. The molecule has 0 spiro atoms. The van der Waals surface area contributed by atoms with E-state index in [9.17, 15) is 41.2 Å². The first kappa shape index (κ1) is 32.3. The van der Waals surface area contributed by atoms with Gasteiger partial charge in [0.2, 0.25) is 5.91 Å². The summed E-state index contributed by atoms with van der Waals surface area (Å²) in [5.74, 6) is -6.04. The van der Waals surface area contributed by atoms with E-state index < -0.39 is 84.9 Å². The second-order valence-electron chi connectivity index (χ2n) is 8.59. The molecule has 20 heteroatoms. The van der Waals surface area contributed by atoms with E-state index in [4.69, 9.17) is 15.2 Å². The largest absolute Gasteiger partial charge is 0.471 e. The number of benzene rings is 1. The molecule has 2 heterocycles. The van der Waals surface area contributed by atoms with Gasteiger partial charge in [-0.25, -0.2) is 18.1 Å². The molecule has 0 saturated carbocycles. The number of thioether (sulfide) groups is 1. The van der Waals surface area contributed by atoms with Crippen LogP contribution in [0.15, 0.2) is 17.5 Å². The molecular formula is C20H23F5N5O7PS2. The van der Waals surface area contributed by atoms with Crippen LogP contribution in [-0.4, -0.2) is 85.2 Å². The predicted molar refractivity (Wildman–Crippen MR) is 134 cm³/mol. The number of thiol groups is 1. The number of phosphoric ester groups is 1. The molecule has 222 valence electrons. The minimum atomic E-state index is -5.19. The Morgan fingerprint density at radius 3 is 2.45 bits per heavy atom. The molecule has 12 nitrogen and oxygen atoms in total. The summed E-state index contributed by atoms with van der Waals surface area (Å²) in [6, 6.07) is 0.273. The molecule has 40 heavy (non-hydrogen) atoms. The van der Waals surface area contributed by atoms with Crippen molar-refractivity contribution in [3.63, 3.8) is 0 Å². The first-order valence-electron chi connectivity index (χ1n) is 11.0. The van der Waals surface area contributed by atoms with E-state index >= 15 is 0 Å². The normalized spacial score (nSPS) is 23.1. The van der Waals surface area contributed by atoms with Crippen molar-refractivity contribution in [3.05, 3.63) is 40.3 Å². The topological polar surface area (TPSA) is 167 Å². The fourth-order valence-electron chi connectivity index (χ4n) is 3.88. The number of aliphatic hydroxyl groups excluding tert-OH is 1. The molecule has 0 bridgehead atoms. The second-order valence-corrected chi connectivity index (χ2v) is 11.3. The zero-order valence-electron chi connectivity index (χ0n) is 20.5. The van der Waals surface area contributed by atoms with Crippen LogP contribution >= 0.6 is 32.2 Å². The molecule has 3 amide bonds. The summed E-state index contributed by atoms with van der Waals surface area (Å²) >= 11 is 4.98. The summed E-state index contributed by atoms with van der Waals surface area (Å²) in [7, 11) is -2.55. The Morgan fingerprint density at radius 2 is 1.88 bits per heavy atom. The molecule has 0 aliphatic carbocycles. The Kier molecular flexibility index (Phi) is 9.62. The lowest BCUT2D eigenvalue weighted by molar-refractivity contribution is -0.140. The number of urea groups is 1. The van der Waals surface area contributed by atoms with Gasteiger partial charge in [0.05, 0.1) is 16.6 Å². The van der Waals surface area contributed by atoms with Crippen LogP contribution < -0.4 is 5.32 Å². The number of alkyl halides is 3. The number of nitrogens with one attached hydrogen (secondary N) is 2. The Hall–Kier alpha value is -2.25. The van der Waals surface area contributed by atoms with Gasteiger partial charge >= 0.3 is 20.0 Å². The van der Waals surface area contributed by atoms with Gasteiger partial charge in [-0.05, 0) is 17.5 Å². The Balaban J connectivity index is 1.81. The number of amides is 3. The molecule has 4 atom stereocenters. The minimum Gasteiger partial charge on any atom is -0.378 e. The van der Waals surface area contributed by atoms with Gasteiger partial charge in [-0.3, -0.25) is 19.5 Å². The smallest absolute Gasteiger partial charge is 0.378 e. The Bertz CT molecular complexity index is 1280. The van der Waals surface area contributed by atoms with E-state index in [2.05, 4.69) is 22.5 Å². The van der Waals surface area contributed by atoms with Crippen molar-refractivity contribution in [2.24, 2.45) is 5.92 Å². The quantitative estimate of drug-likeness (QED) is 0.0780. The molecule has 5 N–H and O–H groups in total. The van der Waals surface area contributed by atoms with Crippen LogP contribution in [0.5, 0.6) is 0 Å². The number of phosphoric acid groups is 1. The lowest BCUT2D eigenvalue weighted by Gasteiger charge is -2.40. The van der Waals surface area contributed by atoms with E-state index in [1.165, 1.54) is 14.1 Å². The van der Waals surface area contributed by atoms with Gasteiger partial charge in [-0.1, -0.05) is 11.8 Å². The fraction of sp³-hybridized carbons (Fsp3) is 0.450. The van der Waals surface area contributed by atoms with Crippen LogP contribution in [0.25, 0.3) is 5.70 Å².